The van der Waals surface area contributed by atoms with Gasteiger partial charge in [-0.2, -0.15) is 0 Å². The number of hydrogen-bond donors (Lipinski definition) is 2. The van der Waals surface area contributed by atoms with Gasteiger partial charge in [-0.1, -0.05) is 17.7 Å². The fourth-order valence-electron chi connectivity index (χ4n) is 1.94. The van der Waals surface area contributed by atoms with Crippen molar-refractivity contribution in [3.05, 3.63) is 35.4 Å². The van der Waals surface area contributed by atoms with Crippen LogP contribution in [0.3, 0.4) is 0 Å². The van der Waals surface area contributed by atoms with Crippen molar-refractivity contribution in [1.29, 1.82) is 0 Å². The fraction of sp³-hybridized carbons (Fsp3) is 0.462. The third-order valence-electron chi connectivity index (χ3n) is 2.99. The number of carbonyl (C=O) groups is 1. The summed E-state index contributed by atoms with van der Waals surface area (Å²) in [7, 11) is 0. The standard InChI is InChI=1S/C13H18N2O.Li.H/c1-10-2-4-11(5-3-10)13(16)15-12-6-8-14-9-7-12;;/h2-5,12,14H,6-9H2,1H3,(H,15,16);;/q;+1;-1. The van der Waals surface area contributed by atoms with Crippen LogP contribution in [0.1, 0.15) is 30.2 Å². The second-order valence-electron chi connectivity index (χ2n) is 4.36. The Bertz CT molecular complexity index is 364. The van der Waals surface area contributed by atoms with Crippen LogP contribution in [0.4, 0.5) is 0 Å². The zero-order valence-corrected chi connectivity index (χ0v) is 10.6. The van der Waals surface area contributed by atoms with Crippen molar-refractivity contribution in [2.24, 2.45) is 0 Å². The van der Waals surface area contributed by atoms with E-state index in [4.69, 9.17) is 0 Å². The van der Waals surface area contributed by atoms with E-state index in [1.807, 2.05) is 31.2 Å². The predicted molar refractivity (Wildman–Crippen MR) is 65.6 cm³/mol. The van der Waals surface area contributed by atoms with E-state index in [0.29, 0.717) is 6.04 Å². The predicted octanol–water partition coefficient (Wildman–Crippen LogP) is -1.41. The number of nitrogens with one attached hydrogen (secondary N) is 2. The van der Waals surface area contributed by atoms with Crippen LogP contribution in [-0.4, -0.2) is 25.0 Å². The molecule has 1 aliphatic heterocycles. The van der Waals surface area contributed by atoms with Gasteiger partial charge >= 0.3 is 18.9 Å². The zero-order valence-electron chi connectivity index (χ0n) is 11.6. The molecule has 1 aromatic rings. The number of rotatable bonds is 2. The molecule has 1 aromatic carbocycles. The van der Waals surface area contributed by atoms with Gasteiger partial charge in [0, 0.05) is 11.6 Å². The van der Waals surface area contributed by atoms with Crippen LogP contribution in [0.5, 0.6) is 0 Å². The first kappa shape index (κ1) is 14.3. The van der Waals surface area contributed by atoms with Gasteiger partial charge in [0.25, 0.3) is 5.91 Å². The van der Waals surface area contributed by atoms with E-state index in [-0.39, 0.29) is 26.2 Å². The number of benzene rings is 1. The van der Waals surface area contributed by atoms with Gasteiger partial charge in [-0.05, 0) is 45.0 Å². The molecule has 0 aliphatic carbocycles. The Labute approximate surface area is 116 Å². The minimum atomic E-state index is 0. The first-order valence-corrected chi connectivity index (χ1v) is 5.84. The van der Waals surface area contributed by atoms with Gasteiger partial charge < -0.3 is 12.1 Å². The molecule has 0 aromatic heterocycles. The van der Waals surface area contributed by atoms with Gasteiger partial charge in [-0.3, -0.25) is 4.79 Å². The monoisotopic (exact) mass is 226 g/mol. The molecule has 0 saturated carbocycles. The van der Waals surface area contributed by atoms with Gasteiger partial charge in [0.2, 0.25) is 0 Å². The molecule has 0 unspecified atom stereocenters. The zero-order chi connectivity index (χ0) is 11.4. The van der Waals surface area contributed by atoms with Crippen molar-refractivity contribution in [1.82, 2.24) is 10.6 Å². The molecule has 17 heavy (non-hydrogen) atoms. The quantitative estimate of drug-likeness (QED) is 0.609. The molecule has 1 fully saturated rings. The van der Waals surface area contributed by atoms with Gasteiger partial charge in [0.15, 0.2) is 0 Å². The summed E-state index contributed by atoms with van der Waals surface area (Å²) >= 11 is 0. The summed E-state index contributed by atoms with van der Waals surface area (Å²) in [5.74, 6) is 0.0481. The first-order valence-electron chi connectivity index (χ1n) is 5.84. The third kappa shape index (κ3) is 4.20. The summed E-state index contributed by atoms with van der Waals surface area (Å²) in [6, 6.07) is 8.03. The number of piperidine rings is 1. The summed E-state index contributed by atoms with van der Waals surface area (Å²) in [6.07, 6.45) is 2.05. The topological polar surface area (TPSA) is 41.1 Å². The largest absolute Gasteiger partial charge is 1.00 e. The summed E-state index contributed by atoms with van der Waals surface area (Å²) in [4.78, 5) is 11.9. The molecule has 0 spiro atoms. The molecule has 1 aliphatic rings. The Morgan fingerprint density at radius 3 is 2.47 bits per heavy atom. The molecular formula is C13H19LiN2O. The van der Waals surface area contributed by atoms with Crippen LogP contribution < -0.4 is 29.5 Å². The number of hydrogen-bond acceptors (Lipinski definition) is 2. The molecule has 1 saturated heterocycles. The second kappa shape index (κ2) is 6.86. The smallest absolute Gasteiger partial charge is 1.00 e. The van der Waals surface area contributed by atoms with E-state index in [0.717, 1.165) is 31.5 Å². The maximum absolute atomic E-state index is 11.9. The van der Waals surface area contributed by atoms with Crippen molar-refractivity contribution in [2.75, 3.05) is 13.1 Å². The Hall–Kier alpha value is -0.753. The van der Waals surface area contributed by atoms with Crippen LogP contribution in [0.25, 0.3) is 0 Å². The molecule has 1 heterocycles. The SMILES string of the molecule is Cc1ccc(C(=O)NC2CCNCC2)cc1.[H-].[Li+]. The molecule has 0 bridgehead atoms. The average Bonchev–Trinajstić information content (AvgIpc) is 2.31. The fourth-order valence-corrected chi connectivity index (χ4v) is 1.94. The minimum absolute atomic E-state index is 0. The van der Waals surface area contributed by atoms with Crippen LogP contribution in [-0.2, 0) is 0 Å². The number of amides is 1. The molecular weight excluding hydrogens is 207 g/mol. The molecule has 2 N–H and O–H groups in total. The third-order valence-corrected chi connectivity index (χ3v) is 2.99. The van der Waals surface area contributed by atoms with Gasteiger partial charge in [0.1, 0.15) is 0 Å². The van der Waals surface area contributed by atoms with Crippen molar-refractivity contribution >= 4 is 5.91 Å². The Morgan fingerprint density at radius 2 is 1.88 bits per heavy atom. The number of aryl methyl sites for hydroxylation is 1. The van der Waals surface area contributed by atoms with Crippen LogP contribution in [0.2, 0.25) is 0 Å². The van der Waals surface area contributed by atoms with Crippen molar-refractivity contribution in [3.63, 3.8) is 0 Å². The van der Waals surface area contributed by atoms with E-state index in [2.05, 4.69) is 10.6 Å². The van der Waals surface area contributed by atoms with Crippen molar-refractivity contribution < 1.29 is 25.1 Å². The molecule has 0 radical (unpaired) electrons. The van der Waals surface area contributed by atoms with E-state index in [9.17, 15) is 4.79 Å². The van der Waals surface area contributed by atoms with E-state index in [1.165, 1.54) is 5.56 Å². The second-order valence-corrected chi connectivity index (χ2v) is 4.36. The Kier molecular flexibility index (Phi) is 5.77. The summed E-state index contributed by atoms with van der Waals surface area (Å²) < 4.78 is 0. The van der Waals surface area contributed by atoms with Crippen LogP contribution >= 0.6 is 0 Å². The number of carbonyl (C=O) groups excluding carboxylic acids is 1. The normalized spacial score (nSPS) is 16.1. The average molecular weight is 226 g/mol. The Morgan fingerprint density at radius 1 is 1.29 bits per heavy atom. The first-order chi connectivity index (χ1) is 7.75. The van der Waals surface area contributed by atoms with E-state index in [1.54, 1.807) is 0 Å². The maximum atomic E-state index is 11.9. The van der Waals surface area contributed by atoms with E-state index >= 15 is 0 Å². The molecule has 3 nitrogen and oxygen atoms in total. The molecule has 1 amide bonds. The maximum Gasteiger partial charge on any atom is 1.00 e. The van der Waals surface area contributed by atoms with E-state index < -0.39 is 0 Å². The molecule has 4 heteroatoms. The van der Waals surface area contributed by atoms with Gasteiger partial charge in [0.05, 0.1) is 0 Å². The van der Waals surface area contributed by atoms with Crippen molar-refractivity contribution in [3.8, 4) is 0 Å². The minimum Gasteiger partial charge on any atom is -1.00 e. The van der Waals surface area contributed by atoms with Crippen LogP contribution in [0.15, 0.2) is 24.3 Å². The van der Waals surface area contributed by atoms with Gasteiger partial charge in [-0.15, -0.1) is 0 Å². The summed E-state index contributed by atoms with van der Waals surface area (Å²) in [6.45, 7) is 4.02. The molecule has 2 rings (SSSR count). The van der Waals surface area contributed by atoms with Crippen molar-refractivity contribution in [2.45, 2.75) is 25.8 Å². The molecule has 88 valence electrons. The van der Waals surface area contributed by atoms with Crippen LogP contribution in [0, 0.1) is 6.92 Å². The Balaban J connectivity index is 0.00000144. The van der Waals surface area contributed by atoms with Gasteiger partial charge in [-0.25, -0.2) is 0 Å². The summed E-state index contributed by atoms with van der Waals surface area (Å²) in [5, 5.41) is 6.36. The molecule has 0 atom stereocenters. The summed E-state index contributed by atoms with van der Waals surface area (Å²) in [5.41, 5.74) is 1.93.